The molecule has 1 saturated heterocycles. The average molecular weight is 280 g/mol. The van der Waals surface area contributed by atoms with Crippen LogP contribution in [0.2, 0.25) is 0 Å². The summed E-state index contributed by atoms with van der Waals surface area (Å²) in [4.78, 5) is 14.1. The second-order valence-corrected chi connectivity index (χ2v) is 5.14. The molecule has 0 radical (unpaired) electrons. The number of nitrogens with zero attached hydrogens (tertiary/aromatic N) is 1. The van der Waals surface area contributed by atoms with E-state index in [2.05, 4.69) is 10.2 Å². The summed E-state index contributed by atoms with van der Waals surface area (Å²) in [6, 6.07) is 5.94. The zero-order chi connectivity index (χ0) is 14.4. The van der Waals surface area contributed by atoms with Crippen LogP contribution in [0.5, 0.6) is 0 Å². The van der Waals surface area contributed by atoms with Crippen LogP contribution < -0.4 is 5.32 Å². The normalized spacial score (nSPS) is 20.4. The van der Waals surface area contributed by atoms with Gasteiger partial charge in [0.1, 0.15) is 5.82 Å². The third-order valence-corrected chi connectivity index (χ3v) is 3.30. The van der Waals surface area contributed by atoms with Gasteiger partial charge in [-0.05, 0) is 31.5 Å². The predicted molar refractivity (Wildman–Crippen MR) is 76.1 cm³/mol. The first-order chi connectivity index (χ1) is 9.63. The summed E-state index contributed by atoms with van der Waals surface area (Å²) in [6.07, 6.45) is 1.61. The lowest BCUT2D eigenvalue weighted by Crippen LogP contribution is -2.33. The van der Waals surface area contributed by atoms with Crippen molar-refractivity contribution in [3.05, 3.63) is 30.1 Å². The number of rotatable bonds is 4. The molecule has 0 aliphatic carbocycles. The second-order valence-electron chi connectivity index (χ2n) is 5.14. The number of hydrogen-bond donors (Lipinski definition) is 1. The van der Waals surface area contributed by atoms with Crippen LogP contribution in [0.4, 0.5) is 10.1 Å². The first kappa shape index (κ1) is 14.9. The van der Waals surface area contributed by atoms with Gasteiger partial charge in [0.25, 0.3) is 0 Å². The van der Waals surface area contributed by atoms with E-state index in [0.717, 1.165) is 26.1 Å². The van der Waals surface area contributed by atoms with E-state index in [4.69, 9.17) is 4.74 Å². The van der Waals surface area contributed by atoms with Crippen molar-refractivity contribution in [2.45, 2.75) is 25.9 Å². The Morgan fingerprint density at radius 3 is 3.20 bits per heavy atom. The van der Waals surface area contributed by atoms with Gasteiger partial charge >= 0.3 is 0 Å². The Bertz CT molecular complexity index is 453. The van der Waals surface area contributed by atoms with Crippen LogP contribution in [0, 0.1) is 5.82 Å². The van der Waals surface area contributed by atoms with Gasteiger partial charge in [0.05, 0.1) is 6.10 Å². The van der Waals surface area contributed by atoms with E-state index < -0.39 is 0 Å². The molecule has 1 aromatic carbocycles. The molecule has 20 heavy (non-hydrogen) atoms. The van der Waals surface area contributed by atoms with E-state index in [1.165, 1.54) is 12.1 Å². The smallest absolute Gasteiger partial charge is 0.225 e. The van der Waals surface area contributed by atoms with Gasteiger partial charge in [0.2, 0.25) is 5.91 Å². The minimum absolute atomic E-state index is 0.0894. The fourth-order valence-electron chi connectivity index (χ4n) is 2.33. The van der Waals surface area contributed by atoms with Crippen molar-refractivity contribution in [2.75, 3.05) is 31.6 Å². The molecular weight excluding hydrogens is 259 g/mol. The van der Waals surface area contributed by atoms with Crippen molar-refractivity contribution >= 4 is 11.6 Å². The topological polar surface area (TPSA) is 41.6 Å². The Hall–Kier alpha value is -1.46. The SMILES string of the molecule is C[C@H]1CN(CCC(=O)Nc2cccc(F)c2)CCCO1. The van der Waals surface area contributed by atoms with E-state index in [1.54, 1.807) is 12.1 Å². The van der Waals surface area contributed by atoms with Crippen LogP contribution in [0.15, 0.2) is 24.3 Å². The molecule has 0 unspecified atom stereocenters. The van der Waals surface area contributed by atoms with Gasteiger partial charge in [0, 0.05) is 38.3 Å². The van der Waals surface area contributed by atoms with Crippen molar-refractivity contribution in [2.24, 2.45) is 0 Å². The van der Waals surface area contributed by atoms with E-state index >= 15 is 0 Å². The van der Waals surface area contributed by atoms with Gasteiger partial charge in [-0.2, -0.15) is 0 Å². The number of hydrogen-bond acceptors (Lipinski definition) is 3. The number of anilines is 1. The number of nitrogens with one attached hydrogen (secondary N) is 1. The molecule has 0 saturated carbocycles. The summed E-state index contributed by atoms with van der Waals surface area (Å²) in [5.41, 5.74) is 0.502. The molecule has 1 atom stereocenters. The summed E-state index contributed by atoms with van der Waals surface area (Å²) in [6.45, 7) is 5.35. The van der Waals surface area contributed by atoms with Crippen molar-refractivity contribution in [1.29, 1.82) is 0 Å². The third-order valence-electron chi connectivity index (χ3n) is 3.30. The van der Waals surface area contributed by atoms with Crippen molar-refractivity contribution in [3.8, 4) is 0 Å². The fraction of sp³-hybridized carbons (Fsp3) is 0.533. The van der Waals surface area contributed by atoms with Crippen molar-refractivity contribution in [1.82, 2.24) is 4.90 Å². The lowest BCUT2D eigenvalue weighted by Gasteiger charge is -2.21. The van der Waals surface area contributed by atoms with E-state index in [0.29, 0.717) is 18.7 Å². The monoisotopic (exact) mass is 280 g/mol. The second kappa shape index (κ2) is 7.36. The lowest BCUT2D eigenvalue weighted by molar-refractivity contribution is -0.116. The van der Waals surface area contributed by atoms with Gasteiger partial charge in [-0.25, -0.2) is 4.39 Å². The molecule has 1 heterocycles. The molecule has 0 spiro atoms. The number of carbonyl (C=O) groups is 1. The summed E-state index contributed by atoms with van der Waals surface area (Å²) < 4.78 is 18.6. The first-order valence-electron chi connectivity index (χ1n) is 7.03. The Labute approximate surface area is 118 Å². The van der Waals surface area contributed by atoms with Gasteiger partial charge in [-0.3, -0.25) is 4.79 Å². The highest BCUT2D eigenvalue weighted by Crippen LogP contribution is 2.10. The number of carbonyl (C=O) groups excluding carboxylic acids is 1. The Morgan fingerprint density at radius 2 is 2.40 bits per heavy atom. The van der Waals surface area contributed by atoms with Gasteiger partial charge in [-0.1, -0.05) is 6.07 Å². The van der Waals surface area contributed by atoms with E-state index in [-0.39, 0.29) is 17.8 Å². The van der Waals surface area contributed by atoms with Crippen molar-refractivity contribution < 1.29 is 13.9 Å². The molecule has 1 aromatic rings. The fourth-order valence-corrected chi connectivity index (χ4v) is 2.33. The van der Waals surface area contributed by atoms with Gasteiger partial charge in [0.15, 0.2) is 0 Å². The molecule has 1 aliphatic heterocycles. The quantitative estimate of drug-likeness (QED) is 0.920. The van der Waals surface area contributed by atoms with Crippen LogP contribution in [-0.2, 0) is 9.53 Å². The highest BCUT2D eigenvalue weighted by molar-refractivity contribution is 5.90. The maximum absolute atomic E-state index is 13.0. The van der Waals surface area contributed by atoms with Crippen LogP contribution >= 0.6 is 0 Å². The molecule has 1 fully saturated rings. The van der Waals surface area contributed by atoms with E-state index in [1.807, 2.05) is 6.92 Å². The molecule has 1 amide bonds. The van der Waals surface area contributed by atoms with Gasteiger partial charge < -0.3 is 15.0 Å². The molecular formula is C15H21FN2O2. The average Bonchev–Trinajstić information content (AvgIpc) is 2.61. The molecule has 0 aromatic heterocycles. The van der Waals surface area contributed by atoms with Crippen LogP contribution in [0.25, 0.3) is 0 Å². The molecule has 110 valence electrons. The summed E-state index contributed by atoms with van der Waals surface area (Å²) >= 11 is 0. The Kier molecular flexibility index (Phi) is 5.49. The molecule has 0 bridgehead atoms. The van der Waals surface area contributed by atoms with Crippen molar-refractivity contribution in [3.63, 3.8) is 0 Å². The zero-order valence-electron chi connectivity index (χ0n) is 11.8. The summed E-state index contributed by atoms with van der Waals surface area (Å²) in [5, 5.41) is 2.71. The maximum atomic E-state index is 13.0. The van der Waals surface area contributed by atoms with Crippen LogP contribution in [0.3, 0.4) is 0 Å². The Balaban J connectivity index is 1.77. The number of ether oxygens (including phenoxy) is 1. The Morgan fingerprint density at radius 1 is 1.55 bits per heavy atom. The van der Waals surface area contributed by atoms with Crippen LogP contribution in [0.1, 0.15) is 19.8 Å². The number of benzene rings is 1. The molecule has 4 nitrogen and oxygen atoms in total. The largest absolute Gasteiger partial charge is 0.377 e. The van der Waals surface area contributed by atoms with Crippen LogP contribution in [-0.4, -0.2) is 43.2 Å². The zero-order valence-corrected chi connectivity index (χ0v) is 11.8. The number of amides is 1. The molecule has 1 aliphatic rings. The minimum Gasteiger partial charge on any atom is -0.377 e. The third kappa shape index (κ3) is 4.90. The first-order valence-corrected chi connectivity index (χ1v) is 7.03. The summed E-state index contributed by atoms with van der Waals surface area (Å²) in [5.74, 6) is -0.435. The molecule has 2 rings (SSSR count). The standard InChI is InChI=1S/C15H21FN2O2/c1-12-11-18(7-3-9-20-12)8-6-15(19)17-14-5-2-4-13(16)10-14/h2,4-5,10,12H,3,6-9,11H2,1H3,(H,17,19)/t12-/m0/s1. The highest BCUT2D eigenvalue weighted by atomic mass is 19.1. The van der Waals surface area contributed by atoms with Gasteiger partial charge in [-0.15, -0.1) is 0 Å². The summed E-state index contributed by atoms with van der Waals surface area (Å²) in [7, 11) is 0. The molecule has 5 heteroatoms. The van der Waals surface area contributed by atoms with E-state index in [9.17, 15) is 9.18 Å². The maximum Gasteiger partial charge on any atom is 0.225 e. The molecule has 1 N–H and O–H groups in total. The highest BCUT2D eigenvalue weighted by Gasteiger charge is 2.15. The minimum atomic E-state index is -0.346. The lowest BCUT2D eigenvalue weighted by atomic mass is 10.2. The predicted octanol–water partition coefficient (Wildman–Crippen LogP) is 2.27. The number of halogens is 1.